The Kier molecular flexibility index (Phi) is 7.22. The first-order valence-electron chi connectivity index (χ1n) is 12.3. The van der Waals surface area contributed by atoms with Gasteiger partial charge in [-0.1, -0.05) is 12.7 Å². The topological polar surface area (TPSA) is 139 Å². The van der Waals surface area contributed by atoms with Crippen molar-refractivity contribution in [2.24, 2.45) is 0 Å². The summed E-state index contributed by atoms with van der Waals surface area (Å²) < 4.78 is 9.56. The summed E-state index contributed by atoms with van der Waals surface area (Å²) in [5, 5.41) is 19.3. The summed E-state index contributed by atoms with van der Waals surface area (Å²) >= 11 is 0. The molecule has 0 fully saturated rings. The van der Waals surface area contributed by atoms with Crippen LogP contribution in [0.4, 0.5) is 11.5 Å². The Balaban J connectivity index is 0.000000758. The SMILES string of the molecule is C=CC(=O)N1CC=C(c2ccn3ncnc(Nc4ccc(Oc5ccn6ncnc6c5)c(C)c4)c23)C1.CC(=O)O. The number of aromatic nitrogens is 6. The molecule has 0 bridgehead atoms. The van der Waals surface area contributed by atoms with Crippen LogP contribution in [0.15, 0.2) is 80.2 Å². The van der Waals surface area contributed by atoms with Crippen molar-refractivity contribution in [3.05, 3.63) is 91.3 Å². The maximum atomic E-state index is 12.0. The number of hydrogen-bond acceptors (Lipinski definition) is 8. The van der Waals surface area contributed by atoms with E-state index in [4.69, 9.17) is 14.6 Å². The highest BCUT2D eigenvalue weighted by Crippen LogP contribution is 2.32. The van der Waals surface area contributed by atoms with E-state index in [0.717, 1.165) is 40.6 Å². The van der Waals surface area contributed by atoms with Crippen LogP contribution in [-0.2, 0) is 9.59 Å². The van der Waals surface area contributed by atoms with Crippen molar-refractivity contribution in [2.45, 2.75) is 13.8 Å². The number of carbonyl (C=O) groups excluding carboxylic acids is 1. The smallest absolute Gasteiger partial charge is 0.300 e. The maximum Gasteiger partial charge on any atom is 0.300 e. The first-order chi connectivity index (χ1) is 19.3. The summed E-state index contributed by atoms with van der Waals surface area (Å²) in [5.41, 5.74) is 5.42. The first-order valence-corrected chi connectivity index (χ1v) is 12.3. The van der Waals surface area contributed by atoms with Gasteiger partial charge in [0, 0.05) is 49.7 Å². The van der Waals surface area contributed by atoms with Crippen LogP contribution in [0.2, 0.25) is 0 Å². The number of anilines is 2. The molecule has 0 saturated heterocycles. The number of nitrogens with zero attached hydrogens (tertiary/aromatic N) is 7. The third kappa shape index (κ3) is 5.50. The van der Waals surface area contributed by atoms with Crippen molar-refractivity contribution in [3.63, 3.8) is 0 Å². The van der Waals surface area contributed by atoms with E-state index in [9.17, 15) is 4.79 Å². The van der Waals surface area contributed by atoms with E-state index >= 15 is 0 Å². The van der Waals surface area contributed by atoms with Crippen LogP contribution in [-0.4, -0.2) is 64.2 Å². The van der Waals surface area contributed by atoms with E-state index in [1.54, 1.807) is 13.9 Å². The van der Waals surface area contributed by atoms with E-state index in [1.807, 2.05) is 55.7 Å². The predicted molar refractivity (Wildman–Crippen MR) is 149 cm³/mol. The molecule has 4 aromatic heterocycles. The molecule has 1 amide bonds. The van der Waals surface area contributed by atoms with Crippen molar-refractivity contribution in [1.82, 2.24) is 34.1 Å². The number of nitrogens with one attached hydrogen (secondary N) is 1. The molecule has 12 heteroatoms. The molecule has 12 nitrogen and oxygen atoms in total. The van der Waals surface area contributed by atoms with Crippen LogP contribution in [0.5, 0.6) is 11.5 Å². The number of carbonyl (C=O) groups is 2. The van der Waals surface area contributed by atoms with Gasteiger partial charge in [0.2, 0.25) is 5.91 Å². The van der Waals surface area contributed by atoms with Crippen molar-refractivity contribution in [3.8, 4) is 11.5 Å². The van der Waals surface area contributed by atoms with Crippen LogP contribution < -0.4 is 10.1 Å². The molecule has 40 heavy (non-hydrogen) atoms. The number of benzene rings is 1. The second-order valence-electron chi connectivity index (χ2n) is 8.94. The summed E-state index contributed by atoms with van der Waals surface area (Å²) in [4.78, 5) is 31.5. The zero-order chi connectivity index (χ0) is 28.2. The number of pyridine rings is 1. The number of hydrogen-bond donors (Lipinski definition) is 2. The molecule has 5 heterocycles. The van der Waals surface area contributed by atoms with Gasteiger partial charge in [0.05, 0.1) is 0 Å². The monoisotopic (exact) mass is 538 g/mol. The Labute approximate surface area is 228 Å². The molecule has 0 atom stereocenters. The van der Waals surface area contributed by atoms with E-state index in [2.05, 4.69) is 38.1 Å². The quantitative estimate of drug-likeness (QED) is 0.306. The van der Waals surface area contributed by atoms with Crippen LogP contribution in [0.3, 0.4) is 0 Å². The van der Waals surface area contributed by atoms with Crippen molar-refractivity contribution in [1.29, 1.82) is 0 Å². The van der Waals surface area contributed by atoms with Crippen LogP contribution in [0.25, 0.3) is 16.7 Å². The Hall–Kier alpha value is -5.52. The predicted octanol–water partition coefficient (Wildman–Crippen LogP) is 4.12. The molecule has 6 rings (SSSR count). The van der Waals surface area contributed by atoms with Gasteiger partial charge in [-0.15, -0.1) is 0 Å². The number of carboxylic acids is 1. The standard InChI is InChI=1S/C26H22N8O2.C2H4O2/c1-3-24(35)32-9-6-18(14-32)21-8-11-34-25(21)26(28-16-30-34)31-19-4-5-22(17(2)12-19)36-20-7-10-33-23(13-20)27-15-29-33;1-2(3)4/h3-8,10-13,15-16H,1,9,14H2,2H3,(H,28,30,31);1H3,(H,3,4). The third-order valence-corrected chi connectivity index (χ3v) is 6.12. The van der Waals surface area contributed by atoms with Gasteiger partial charge in [0.1, 0.15) is 29.7 Å². The van der Waals surface area contributed by atoms with Gasteiger partial charge in [-0.25, -0.2) is 19.0 Å². The molecule has 1 aromatic carbocycles. The second kappa shape index (κ2) is 11.1. The fraction of sp³-hybridized carbons (Fsp3) is 0.143. The minimum Gasteiger partial charge on any atom is -0.481 e. The van der Waals surface area contributed by atoms with Gasteiger partial charge in [-0.05, 0) is 54.5 Å². The minimum absolute atomic E-state index is 0.0847. The number of ether oxygens (including phenoxy) is 1. The first kappa shape index (κ1) is 26.1. The molecular formula is C28H26N8O4. The number of aryl methyl sites for hydroxylation is 1. The fourth-order valence-corrected chi connectivity index (χ4v) is 4.32. The Morgan fingerprint density at radius 1 is 1.07 bits per heavy atom. The van der Waals surface area contributed by atoms with Crippen molar-refractivity contribution >= 4 is 40.1 Å². The van der Waals surface area contributed by atoms with Gasteiger partial charge in [0.15, 0.2) is 11.5 Å². The lowest BCUT2D eigenvalue weighted by atomic mass is 10.1. The largest absolute Gasteiger partial charge is 0.481 e. The Bertz CT molecular complexity index is 1770. The molecule has 0 unspecified atom stereocenters. The van der Waals surface area contributed by atoms with Gasteiger partial charge >= 0.3 is 0 Å². The maximum absolute atomic E-state index is 12.0. The summed E-state index contributed by atoms with van der Waals surface area (Å²) in [6.07, 6.45) is 10.1. The average molecular weight is 539 g/mol. The molecule has 1 aliphatic rings. The zero-order valence-corrected chi connectivity index (χ0v) is 21.9. The molecule has 0 radical (unpaired) electrons. The summed E-state index contributed by atoms with van der Waals surface area (Å²) in [6, 6.07) is 11.6. The average Bonchev–Trinajstić information content (AvgIpc) is 3.69. The number of rotatable bonds is 6. The van der Waals surface area contributed by atoms with Gasteiger partial charge in [-0.2, -0.15) is 10.2 Å². The van der Waals surface area contributed by atoms with Gasteiger partial charge < -0.3 is 20.1 Å². The highest BCUT2D eigenvalue weighted by molar-refractivity contribution is 5.93. The lowest BCUT2D eigenvalue weighted by molar-refractivity contribution is -0.134. The van der Waals surface area contributed by atoms with E-state index in [0.29, 0.717) is 30.3 Å². The van der Waals surface area contributed by atoms with E-state index < -0.39 is 5.97 Å². The number of amides is 1. The third-order valence-electron chi connectivity index (χ3n) is 6.12. The second-order valence-corrected chi connectivity index (χ2v) is 8.94. The molecule has 0 spiro atoms. The Morgan fingerprint density at radius 3 is 2.60 bits per heavy atom. The molecule has 0 aliphatic carbocycles. The highest BCUT2D eigenvalue weighted by Gasteiger charge is 2.22. The molecule has 0 saturated carbocycles. The normalized spacial score (nSPS) is 12.6. The molecular weight excluding hydrogens is 512 g/mol. The zero-order valence-electron chi connectivity index (χ0n) is 21.9. The molecule has 202 valence electrons. The summed E-state index contributed by atoms with van der Waals surface area (Å²) in [7, 11) is 0. The number of fused-ring (bicyclic) bond motifs is 2. The Morgan fingerprint density at radius 2 is 1.82 bits per heavy atom. The van der Waals surface area contributed by atoms with Crippen LogP contribution in [0, 0.1) is 6.92 Å². The fourth-order valence-electron chi connectivity index (χ4n) is 4.32. The van der Waals surface area contributed by atoms with Crippen LogP contribution >= 0.6 is 0 Å². The molecule has 1 aliphatic heterocycles. The van der Waals surface area contributed by atoms with Crippen LogP contribution in [0.1, 0.15) is 18.1 Å². The highest BCUT2D eigenvalue weighted by atomic mass is 16.5. The van der Waals surface area contributed by atoms with Gasteiger partial charge in [0.25, 0.3) is 5.97 Å². The lowest BCUT2D eigenvalue weighted by Crippen LogP contribution is -2.26. The van der Waals surface area contributed by atoms with Crippen molar-refractivity contribution < 1.29 is 19.4 Å². The lowest BCUT2D eigenvalue weighted by Gasteiger charge is -2.14. The minimum atomic E-state index is -0.833. The number of carboxylic acid groups (broad SMARTS) is 1. The molecule has 5 aromatic rings. The van der Waals surface area contributed by atoms with E-state index in [1.165, 1.54) is 18.7 Å². The number of aliphatic carboxylic acids is 1. The summed E-state index contributed by atoms with van der Waals surface area (Å²) in [6.45, 7) is 7.73. The van der Waals surface area contributed by atoms with Crippen molar-refractivity contribution in [2.75, 3.05) is 18.4 Å². The summed E-state index contributed by atoms with van der Waals surface area (Å²) in [5.74, 6) is 1.18. The molecule has 2 N–H and O–H groups in total. The van der Waals surface area contributed by atoms with Gasteiger partial charge in [-0.3, -0.25) is 9.59 Å². The van der Waals surface area contributed by atoms with E-state index in [-0.39, 0.29) is 5.91 Å².